The molecule has 184 valence electrons. The highest BCUT2D eigenvalue weighted by atomic mass is 16.7. The molecule has 0 atom stereocenters. The van der Waals surface area contributed by atoms with Crippen LogP contribution in [-0.2, 0) is 22.4 Å². The number of rotatable bonds is 7. The number of nitrogens with zero attached hydrogens (tertiary/aromatic N) is 4. The average Bonchev–Trinajstić information content (AvgIpc) is 3.68. The molecule has 0 radical (unpaired) electrons. The van der Waals surface area contributed by atoms with Gasteiger partial charge in [0.15, 0.2) is 11.5 Å². The summed E-state index contributed by atoms with van der Waals surface area (Å²) in [5.74, 6) is 2.46. The zero-order valence-electron chi connectivity index (χ0n) is 20.5. The topological polar surface area (TPSA) is 55.9 Å². The van der Waals surface area contributed by atoms with Gasteiger partial charge in [0.2, 0.25) is 6.79 Å². The highest BCUT2D eigenvalue weighted by molar-refractivity contribution is 5.65. The molecule has 2 aromatic heterocycles. The van der Waals surface area contributed by atoms with Crippen molar-refractivity contribution in [3.05, 3.63) is 102 Å². The minimum absolute atomic E-state index is 0.251. The van der Waals surface area contributed by atoms with E-state index in [4.69, 9.17) is 19.0 Å². The van der Waals surface area contributed by atoms with Crippen LogP contribution >= 0.6 is 0 Å². The fraction of sp³-hybridized carbons (Fsp3) is 0.276. The quantitative estimate of drug-likeness (QED) is 0.377. The predicted octanol–water partition coefficient (Wildman–Crippen LogP) is 4.80. The molecule has 2 aromatic carbocycles. The van der Waals surface area contributed by atoms with Gasteiger partial charge in [0.25, 0.3) is 0 Å². The number of piperazine rings is 1. The van der Waals surface area contributed by atoms with Crippen LogP contribution in [-0.4, -0.2) is 59.6 Å². The zero-order chi connectivity index (χ0) is 24.3. The van der Waals surface area contributed by atoms with Crippen molar-refractivity contribution < 1.29 is 13.9 Å². The fourth-order valence-electron chi connectivity index (χ4n) is 4.75. The normalized spacial score (nSPS) is 16.8. The number of aromatic nitrogens is 2. The summed E-state index contributed by atoms with van der Waals surface area (Å²) in [6.45, 7) is 5.37. The molecule has 0 unspecified atom stereocenters. The molecule has 0 N–H and O–H groups in total. The highest BCUT2D eigenvalue weighted by Gasteiger charge is 2.22. The monoisotopic (exact) mass is 482 g/mol. The van der Waals surface area contributed by atoms with Gasteiger partial charge in [-0.3, -0.25) is 4.90 Å². The fourth-order valence-corrected chi connectivity index (χ4v) is 4.75. The van der Waals surface area contributed by atoms with Gasteiger partial charge in [-0.2, -0.15) is 5.10 Å². The lowest BCUT2D eigenvalue weighted by molar-refractivity contribution is 0.0857. The molecule has 1 saturated heterocycles. The van der Waals surface area contributed by atoms with Crippen molar-refractivity contribution in [3.63, 3.8) is 0 Å². The van der Waals surface area contributed by atoms with Crippen molar-refractivity contribution in [2.45, 2.75) is 13.0 Å². The summed E-state index contributed by atoms with van der Waals surface area (Å²) in [5.41, 5.74) is 5.24. The molecule has 0 spiro atoms. The number of benzene rings is 2. The summed E-state index contributed by atoms with van der Waals surface area (Å²) in [7, 11) is 2.18. The van der Waals surface area contributed by atoms with Crippen molar-refractivity contribution in [3.8, 4) is 17.1 Å². The second-order valence-electron chi connectivity index (χ2n) is 9.37. The van der Waals surface area contributed by atoms with Crippen molar-refractivity contribution in [2.24, 2.45) is 0 Å². The lowest BCUT2D eigenvalue weighted by atomic mass is 10.1. The SMILES string of the molecule is CN1CCN(Cc2cn(-c3ccc(C4=C(Cc5ccccc5)OCO4)cc3)nc2-c2ccco2)CC1. The van der Waals surface area contributed by atoms with Gasteiger partial charge in [0.05, 0.1) is 12.0 Å². The molecule has 1 fully saturated rings. The molecule has 0 aliphatic carbocycles. The van der Waals surface area contributed by atoms with Crippen molar-refractivity contribution in [1.29, 1.82) is 0 Å². The molecule has 2 aliphatic heterocycles. The van der Waals surface area contributed by atoms with Crippen molar-refractivity contribution in [1.82, 2.24) is 19.6 Å². The molecule has 36 heavy (non-hydrogen) atoms. The third-order valence-corrected chi connectivity index (χ3v) is 6.83. The van der Waals surface area contributed by atoms with E-state index in [1.165, 1.54) is 11.1 Å². The first-order valence-electron chi connectivity index (χ1n) is 12.4. The van der Waals surface area contributed by atoms with E-state index < -0.39 is 0 Å². The Morgan fingerprint density at radius 1 is 0.861 bits per heavy atom. The first kappa shape index (κ1) is 22.6. The first-order valence-corrected chi connectivity index (χ1v) is 12.4. The van der Waals surface area contributed by atoms with Crippen LogP contribution in [0.2, 0.25) is 0 Å². The molecule has 7 nitrogen and oxygen atoms in total. The van der Waals surface area contributed by atoms with E-state index in [-0.39, 0.29) is 6.79 Å². The van der Waals surface area contributed by atoms with Crippen LogP contribution in [0, 0.1) is 0 Å². The smallest absolute Gasteiger partial charge is 0.230 e. The second-order valence-corrected chi connectivity index (χ2v) is 9.37. The third-order valence-electron chi connectivity index (χ3n) is 6.83. The molecule has 2 aliphatic rings. The van der Waals surface area contributed by atoms with E-state index >= 15 is 0 Å². The molecule has 0 amide bonds. The first-order chi connectivity index (χ1) is 17.7. The van der Waals surface area contributed by atoms with Crippen molar-refractivity contribution in [2.75, 3.05) is 40.0 Å². The summed E-state index contributed by atoms with van der Waals surface area (Å²) >= 11 is 0. The Bertz CT molecular complexity index is 1320. The summed E-state index contributed by atoms with van der Waals surface area (Å²) in [6, 6.07) is 22.5. The highest BCUT2D eigenvalue weighted by Crippen LogP contribution is 2.30. The van der Waals surface area contributed by atoms with Gasteiger partial charge in [0.1, 0.15) is 11.5 Å². The molecule has 0 bridgehead atoms. The van der Waals surface area contributed by atoms with Gasteiger partial charge in [-0.15, -0.1) is 0 Å². The maximum Gasteiger partial charge on any atom is 0.230 e. The number of likely N-dealkylation sites (N-methyl/N-ethyl adjacent to an activating group) is 1. The summed E-state index contributed by atoms with van der Waals surface area (Å²) in [5, 5.41) is 4.92. The third kappa shape index (κ3) is 4.80. The molecular weight excluding hydrogens is 452 g/mol. The minimum Gasteiger partial charge on any atom is -0.463 e. The van der Waals surface area contributed by atoms with Gasteiger partial charge in [0, 0.05) is 56.5 Å². The standard InChI is InChI=1S/C29H30N4O3/c1-31-13-15-32(16-14-31)19-24-20-33(30-28(24)26-8-5-17-34-26)25-11-9-23(10-12-25)29-27(35-21-36-29)18-22-6-3-2-4-7-22/h2-12,17,20H,13-16,18-19,21H2,1H3. The van der Waals surface area contributed by atoms with Gasteiger partial charge < -0.3 is 18.8 Å². The second kappa shape index (κ2) is 10.0. The summed E-state index contributed by atoms with van der Waals surface area (Å²) in [4.78, 5) is 4.85. The Hall–Kier alpha value is -3.81. The lowest BCUT2D eigenvalue weighted by Crippen LogP contribution is -2.43. The van der Waals surface area contributed by atoms with Crippen molar-refractivity contribution >= 4 is 5.76 Å². The number of hydrogen-bond donors (Lipinski definition) is 0. The van der Waals surface area contributed by atoms with E-state index in [2.05, 4.69) is 59.4 Å². The largest absolute Gasteiger partial charge is 0.463 e. The molecule has 4 heterocycles. The van der Waals surface area contributed by atoms with Crippen LogP contribution in [0.25, 0.3) is 22.9 Å². The Morgan fingerprint density at radius 3 is 2.42 bits per heavy atom. The van der Waals surface area contributed by atoms with Crippen LogP contribution in [0.15, 0.2) is 89.4 Å². The maximum atomic E-state index is 5.85. The molecule has 0 saturated carbocycles. The number of ether oxygens (including phenoxy) is 2. The van der Waals surface area contributed by atoms with Gasteiger partial charge >= 0.3 is 0 Å². The van der Waals surface area contributed by atoms with Crippen LogP contribution in [0.5, 0.6) is 0 Å². The Morgan fingerprint density at radius 2 is 1.67 bits per heavy atom. The number of furan rings is 1. The van der Waals surface area contributed by atoms with E-state index in [1.54, 1.807) is 6.26 Å². The summed E-state index contributed by atoms with van der Waals surface area (Å²) in [6.07, 6.45) is 4.53. The molecule has 7 heteroatoms. The van der Waals surface area contributed by atoms with Crippen LogP contribution in [0.3, 0.4) is 0 Å². The van der Waals surface area contributed by atoms with Crippen LogP contribution in [0.4, 0.5) is 0 Å². The minimum atomic E-state index is 0.251. The lowest BCUT2D eigenvalue weighted by Gasteiger charge is -2.32. The van der Waals surface area contributed by atoms with E-state index in [9.17, 15) is 0 Å². The number of allylic oxidation sites excluding steroid dienone is 1. The van der Waals surface area contributed by atoms with Crippen LogP contribution < -0.4 is 0 Å². The Kier molecular flexibility index (Phi) is 6.32. The van der Waals surface area contributed by atoms with E-state index in [0.717, 1.165) is 66.9 Å². The average molecular weight is 483 g/mol. The van der Waals surface area contributed by atoms with E-state index in [1.807, 2.05) is 35.0 Å². The van der Waals surface area contributed by atoms with Gasteiger partial charge in [-0.25, -0.2) is 4.68 Å². The predicted molar refractivity (Wildman–Crippen MR) is 138 cm³/mol. The van der Waals surface area contributed by atoms with Gasteiger partial charge in [-0.1, -0.05) is 30.3 Å². The molecule has 4 aromatic rings. The zero-order valence-corrected chi connectivity index (χ0v) is 20.5. The van der Waals surface area contributed by atoms with Gasteiger partial charge in [-0.05, 0) is 49.0 Å². The Balaban J connectivity index is 1.26. The maximum absolute atomic E-state index is 5.85. The summed E-state index contributed by atoms with van der Waals surface area (Å²) < 4.78 is 19.3. The molecular formula is C29H30N4O3. The Labute approximate surface area is 211 Å². The number of hydrogen-bond acceptors (Lipinski definition) is 6. The van der Waals surface area contributed by atoms with E-state index in [0.29, 0.717) is 6.42 Å². The molecule has 6 rings (SSSR count). The van der Waals surface area contributed by atoms with Crippen LogP contribution in [0.1, 0.15) is 16.7 Å².